The van der Waals surface area contributed by atoms with Crippen LogP contribution in [-0.2, 0) is 4.79 Å². The molecule has 4 nitrogen and oxygen atoms in total. The summed E-state index contributed by atoms with van der Waals surface area (Å²) in [5, 5.41) is 13.4. The highest BCUT2D eigenvalue weighted by Gasteiger charge is 2.62. The molecule has 1 unspecified atom stereocenters. The molecule has 1 amide bonds. The molecule has 18 heavy (non-hydrogen) atoms. The van der Waals surface area contributed by atoms with Crippen LogP contribution in [0.4, 0.5) is 13.2 Å². The second-order valence-electron chi connectivity index (χ2n) is 4.87. The van der Waals surface area contributed by atoms with Crippen LogP contribution in [0.3, 0.4) is 0 Å². The van der Waals surface area contributed by atoms with Gasteiger partial charge in [0.2, 0.25) is 6.41 Å². The Hall–Kier alpha value is -1.11. The first-order chi connectivity index (χ1) is 8.38. The number of amides is 1. The van der Waals surface area contributed by atoms with E-state index in [1.54, 1.807) is 0 Å². The van der Waals surface area contributed by atoms with E-state index in [2.05, 4.69) is 5.10 Å². The van der Waals surface area contributed by atoms with Crippen molar-refractivity contribution in [2.24, 2.45) is 11.0 Å². The molecule has 2 rings (SSSR count). The van der Waals surface area contributed by atoms with Gasteiger partial charge in [-0.2, -0.15) is 23.3 Å². The summed E-state index contributed by atoms with van der Waals surface area (Å²) in [7, 11) is 0. The minimum atomic E-state index is -4.90. The van der Waals surface area contributed by atoms with Gasteiger partial charge >= 0.3 is 6.18 Å². The Bertz CT molecular complexity index is 364. The average molecular weight is 264 g/mol. The van der Waals surface area contributed by atoms with Crippen molar-refractivity contribution < 1.29 is 23.1 Å². The third kappa shape index (κ3) is 2.11. The number of rotatable bonds is 2. The van der Waals surface area contributed by atoms with E-state index < -0.39 is 18.3 Å². The zero-order chi connectivity index (χ0) is 13.4. The molecule has 0 aromatic rings. The monoisotopic (exact) mass is 264 g/mol. The Morgan fingerprint density at radius 1 is 1.33 bits per heavy atom. The summed E-state index contributed by atoms with van der Waals surface area (Å²) in [5.74, 6) is -0.0439. The second-order valence-corrected chi connectivity index (χ2v) is 4.87. The normalized spacial score (nSPS) is 30.4. The molecule has 0 aromatic carbocycles. The minimum Gasteiger partial charge on any atom is -0.362 e. The van der Waals surface area contributed by atoms with Crippen LogP contribution in [-0.4, -0.2) is 34.1 Å². The quantitative estimate of drug-likeness (QED) is 0.776. The summed E-state index contributed by atoms with van der Waals surface area (Å²) in [4.78, 5) is 10.7. The average Bonchev–Trinajstić information content (AvgIpc) is 2.68. The summed E-state index contributed by atoms with van der Waals surface area (Å²) in [6, 6.07) is 0. The number of hydrogen-bond acceptors (Lipinski definition) is 3. The molecule has 1 N–H and O–H groups in total. The van der Waals surface area contributed by atoms with Gasteiger partial charge < -0.3 is 5.11 Å². The summed E-state index contributed by atoms with van der Waals surface area (Å²) in [6.45, 7) is 0. The molecule has 0 radical (unpaired) electrons. The zero-order valence-electron chi connectivity index (χ0n) is 9.78. The fourth-order valence-electron chi connectivity index (χ4n) is 2.59. The minimum absolute atomic E-state index is 0.0439. The molecule has 1 atom stereocenters. The Morgan fingerprint density at radius 2 is 1.94 bits per heavy atom. The van der Waals surface area contributed by atoms with Crippen LogP contribution in [0, 0.1) is 5.92 Å². The summed E-state index contributed by atoms with van der Waals surface area (Å²) in [5.41, 5.74) is -2.87. The van der Waals surface area contributed by atoms with Crippen molar-refractivity contribution in [3.05, 3.63) is 0 Å². The molecule has 0 spiro atoms. The van der Waals surface area contributed by atoms with Gasteiger partial charge in [0.25, 0.3) is 5.72 Å². The molecule has 102 valence electrons. The molecule has 7 heteroatoms. The predicted molar refractivity (Wildman–Crippen MR) is 57.5 cm³/mol. The Morgan fingerprint density at radius 3 is 2.39 bits per heavy atom. The molecule has 0 saturated heterocycles. The van der Waals surface area contributed by atoms with E-state index in [-0.39, 0.29) is 17.3 Å². The van der Waals surface area contributed by atoms with E-state index in [0.717, 1.165) is 32.1 Å². The fourth-order valence-corrected chi connectivity index (χ4v) is 2.59. The van der Waals surface area contributed by atoms with Crippen LogP contribution in [0.2, 0.25) is 0 Å². The van der Waals surface area contributed by atoms with Crippen molar-refractivity contribution in [2.75, 3.05) is 0 Å². The topological polar surface area (TPSA) is 52.9 Å². The van der Waals surface area contributed by atoms with Crippen LogP contribution in [0.1, 0.15) is 38.5 Å². The maximum atomic E-state index is 12.8. The summed E-state index contributed by atoms with van der Waals surface area (Å²) >= 11 is 0. The van der Waals surface area contributed by atoms with Gasteiger partial charge in [-0.3, -0.25) is 4.79 Å². The number of hydrazone groups is 1. The van der Waals surface area contributed by atoms with E-state index in [4.69, 9.17) is 0 Å². The number of halogens is 3. The van der Waals surface area contributed by atoms with Crippen molar-refractivity contribution in [1.29, 1.82) is 0 Å². The summed E-state index contributed by atoms with van der Waals surface area (Å²) < 4.78 is 38.4. The van der Waals surface area contributed by atoms with Crippen molar-refractivity contribution in [3.63, 3.8) is 0 Å². The SMILES string of the molecule is O=CN1N=C(C2CCCCC2)CC1(O)C(F)(F)F. The molecule has 1 aliphatic heterocycles. The van der Waals surface area contributed by atoms with E-state index in [1.807, 2.05) is 0 Å². The van der Waals surface area contributed by atoms with Crippen LogP contribution in [0.15, 0.2) is 5.10 Å². The van der Waals surface area contributed by atoms with Crippen LogP contribution < -0.4 is 0 Å². The van der Waals surface area contributed by atoms with Gasteiger partial charge in [0, 0.05) is 12.1 Å². The van der Waals surface area contributed by atoms with Gasteiger partial charge in [-0.25, -0.2) is 0 Å². The molecule has 0 aromatic heterocycles. The largest absolute Gasteiger partial charge is 0.438 e. The number of nitrogens with zero attached hydrogens (tertiary/aromatic N) is 2. The Kier molecular flexibility index (Phi) is 3.35. The van der Waals surface area contributed by atoms with Crippen LogP contribution in [0.5, 0.6) is 0 Å². The van der Waals surface area contributed by atoms with Crippen molar-refractivity contribution in [1.82, 2.24) is 5.01 Å². The second kappa shape index (κ2) is 4.53. The first-order valence-corrected chi connectivity index (χ1v) is 5.99. The smallest absolute Gasteiger partial charge is 0.362 e. The number of carbonyl (C=O) groups excluding carboxylic acids is 1. The number of alkyl halides is 3. The zero-order valence-corrected chi connectivity index (χ0v) is 9.78. The highest BCUT2D eigenvalue weighted by atomic mass is 19.4. The van der Waals surface area contributed by atoms with Crippen molar-refractivity contribution in [2.45, 2.75) is 50.4 Å². The fraction of sp³-hybridized carbons (Fsp3) is 0.818. The molecular weight excluding hydrogens is 249 g/mol. The first kappa shape index (κ1) is 13.3. The molecule has 1 saturated carbocycles. The molecule has 0 bridgehead atoms. The number of aliphatic hydroxyl groups is 1. The van der Waals surface area contributed by atoms with Crippen molar-refractivity contribution >= 4 is 12.1 Å². The Labute approximate surface area is 102 Å². The van der Waals surface area contributed by atoms with Gasteiger partial charge in [0.1, 0.15) is 0 Å². The number of hydrogen-bond donors (Lipinski definition) is 1. The maximum absolute atomic E-state index is 12.8. The van der Waals surface area contributed by atoms with E-state index >= 15 is 0 Å². The highest BCUT2D eigenvalue weighted by Crippen LogP contribution is 2.42. The van der Waals surface area contributed by atoms with Gasteiger partial charge in [-0.15, -0.1) is 0 Å². The van der Waals surface area contributed by atoms with E-state index in [1.165, 1.54) is 0 Å². The van der Waals surface area contributed by atoms with E-state index in [0.29, 0.717) is 5.71 Å². The lowest BCUT2D eigenvalue weighted by molar-refractivity contribution is -0.299. The van der Waals surface area contributed by atoms with Crippen LogP contribution >= 0.6 is 0 Å². The molecule has 1 aliphatic carbocycles. The maximum Gasteiger partial charge on any atom is 0.438 e. The van der Waals surface area contributed by atoms with E-state index in [9.17, 15) is 23.1 Å². The van der Waals surface area contributed by atoms with Gasteiger partial charge in [0.05, 0.1) is 0 Å². The molecule has 1 heterocycles. The molecular formula is C11H15F3N2O2. The molecule has 2 aliphatic rings. The third-order valence-electron chi connectivity index (χ3n) is 3.67. The van der Waals surface area contributed by atoms with Crippen LogP contribution in [0.25, 0.3) is 0 Å². The van der Waals surface area contributed by atoms with Gasteiger partial charge in [0.15, 0.2) is 0 Å². The summed E-state index contributed by atoms with van der Waals surface area (Å²) in [6.07, 6.45) is -1.05. The highest BCUT2D eigenvalue weighted by molar-refractivity contribution is 5.90. The lowest BCUT2D eigenvalue weighted by Crippen LogP contribution is -2.54. The Balaban J connectivity index is 2.19. The third-order valence-corrected chi connectivity index (χ3v) is 3.67. The standard InChI is InChI=1S/C11H15F3N2O2/c12-11(13,14)10(18)6-9(15-16(10)7-17)8-4-2-1-3-5-8/h7-8,18H,1-6H2. The predicted octanol–water partition coefficient (Wildman–Crippen LogP) is 2.04. The van der Waals surface area contributed by atoms with Gasteiger partial charge in [-0.05, 0) is 18.8 Å². The number of carbonyl (C=O) groups is 1. The first-order valence-electron chi connectivity index (χ1n) is 5.99. The lowest BCUT2D eigenvalue weighted by atomic mass is 9.83. The lowest BCUT2D eigenvalue weighted by Gasteiger charge is -2.30. The van der Waals surface area contributed by atoms with Crippen molar-refractivity contribution in [3.8, 4) is 0 Å². The van der Waals surface area contributed by atoms with Gasteiger partial charge in [-0.1, -0.05) is 19.3 Å². The molecule has 1 fully saturated rings.